The topological polar surface area (TPSA) is 103 Å². The Bertz CT molecular complexity index is 1530. The number of benzene rings is 2. The lowest BCUT2D eigenvalue weighted by atomic mass is 9.88. The summed E-state index contributed by atoms with van der Waals surface area (Å²) in [6.07, 6.45) is 1.17. The van der Waals surface area contributed by atoms with Crippen molar-refractivity contribution in [3.63, 3.8) is 0 Å². The fraction of sp³-hybridized carbons (Fsp3) is 0.357. The number of ether oxygens (including phenoxy) is 1. The maximum absolute atomic E-state index is 16.4. The molecule has 1 unspecified atom stereocenters. The molecule has 200 valence electrons. The Balaban J connectivity index is 1.81. The van der Waals surface area contributed by atoms with E-state index in [0.717, 1.165) is 11.0 Å². The first-order chi connectivity index (χ1) is 19.5. The molecule has 0 bridgehead atoms. The van der Waals surface area contributed by atoms with Gasteiger partial charge in [-0.05, 0) is 61.7 Å². The lowest BCUT2D eigenvalue weighted by Gasteiger charge is -2.40. The lowest BCUT2D eigenvalue weighted by molar-refractivity contribution is -0.130. The first kappa shape index (κ1) is 22.2. The second-order valence-corrected chi connectivity index (χ2v) is 10.6. The molecule has 0 radical (unpaired) electrons. The largest absolute Gasteiger partial charge is 0.396 e. The summed E-state index contributed by atoms with van der Waals surface area (Å²) in [4.78, 5) is 19.5. The fourth-order valence-corrected chi connectivity index (χ4v) is 4.70. The summed E-state index contributed by atoms with van der Waals surface area (Å²) < 4.78 is 56.4. The first-order valence-corrected chi connectivity index (χ1v) is 12.5. The van der Waals surface area contributed by atoms with Crippen LogP contribution in [0.5, 0.6) is 0 Å². The molecule has 1 saturated carbocycles. The Labute approximate surface area is 235 Å². The van der Waals surface area contributed by atoms with Gasteiger partial charge in [-0.15, -0.1) is 0 Å². The van der Waals surface area contributed by atoms with Gasteiger partial charge in [0.1, 0.15) is 11.4 Å². The average molecular weight is 565 g/mol. The van der Waals surface area contributed by atoms with Crippen LogP contribution >= 0.6 is 23.2 Å². The summed E-state index contributed by atoms with van der Waals surface area (Å²) in [7, 11) is 0. The van der Waals surface area contributed by atoms with Crippen molar-refractivity contribution in [3.05, 3.63) is 98.5 Å². The van der Waals surface area contributed by atoms with Crippen molar-refractivity contribution < 1.29 is 34.7 Å². The molecule has 3 N–H and O–H groups in total. The Hall–Kier alpha value is -2.59. The van der Waals surface area contributed by atoms with Crippen LogP contribution in [0.15, 0.2) is 54.7 Å². The zero-order valence-corrected chi connectivity index (χ0v) is 21.7. The lowest BCUT2D eigenvalue weighted by Crippen LogP contribution is -2.48. The number of fused-ring (bicyclic) bond motifs is 1. The molecule has 2 aromatic carbocycles. The van der Waals surface area contributed by atoms with Crippen LogP contribution in [0, 0.1) is 11.2 Å². The number of aliphatic hydroxyl groups is 3. The van der Waals surface area contributed by atoms with Gasteiger partial charge in [0.25, 0.3) is 5.91 Å². The number of nitrogens with zero attached hydrogens (tertiary/aromatic N) is 2. The third-order valence-corrected chi connectivity index (χ3v) is 7.39. The van der Waals surface area contributed by atoms with Gasteiger partial charge in [0, 0.05) is 22.2 Å². The summed E-state index contributed by atoms with van der Waals surface area (Å²) in [5, 5.41) is 31.4. The Morgan fingerprint density at radius 2 is 1.84 bits per heavy atom. The molecule has 0 saturated heterocycles. The third-order valence-electron chi connectivity index (χ3n) is 6.92. The molecule has 38 heavy (non-hydrogen) atoms. The van der Waals surface area contributed by atoms with Crippen LogP contribution in [-0.2, 0) is 22.6 Å². The summed E-state index contributed by atoms with van der Waals surface area (Å²) >= 11 is 12.1. The second kappa shape index (κ2) is 9.86. The van der Waals surface area contributed by atoms with Crippen molar-refractivity contribution in [1.29, 1.82) is 0 Å². The van der Waals surface area contributed by atoms with Gasteiger partial charge in [0.2, 0.25) is 0 Å². The monoisotopic (exact) mass is 564 g/mol. The van der Waals surface area contributed by atoms with E-state index in [9.17, 15) is 20.1 Å². The van der Waals surface area contributed by atoms with Gasteiger partial charge in [-0.2, -0.15) is 0 Å². The molecule has 0 spiro atoms. The second-order valence-electron chi connectivity index (χ2n) is 9.72. The Morgan fingerprint density at radius 3 is 2.42 bits per heavy atom. The molecule has 3 aromatic rings. The van der Waals surface area contributed by atoms with Crippen molar-refractivity contribution in [2.45, 2.75) is 37.6 Å². The van der Waals surface area contributed by atoms with Crippen LogP contribution < -0.4 is 0 Å². The van der Waals surface area contributed by atoms with Crippen LogP contribution in [0.1, 0.15) is 58.0 Å². The Morgan fingerprint density at radius 1 is 1.16 bits per heavy atom. The number of halogens is 3. The highest BCUT2D eigenvalue weighted by Crippen LogP contribution is 2.52. The van der Waals surface area contributed by atoms with Gasteiger partial charge in [-0.1, -0.05) is 35.3 Å². The molecule has 1 aliphatic carbocycles. The highest BCUT2D eigenvalue weighted by atomic mass is 35.5. The Kier molecular flexibility index (Phi) is 5.77. The molecule has 1 aromatic heterocycles. The molecule has 1 amide bonds. The number of carbonyl (C=O) groups is 1. The van der Waals surface area contributed by atoms with E-state index in [0.29, 0.717) is 5.02 Å². The van der Waals surface area contributed by atoms with Gasteiger partial charge in [0.15, 0.2) is 5.72 Å². The first-order valence-electron chi connectivity index (χ1n) is 13.8. The standard InChI is InChI=1S/C28H27Cl2FN2O5/c1-26(37,14-34)18-10-22-24(23(31)11-18)28(17-2-4-19(29)5-3-17,38-16-27(15-35)8-9-27)33(25(22)36)13-21-7-6-20(30)12-32-21/h2-7,10-12,34-35,37H,8-9,13-16H2,1H3/t26?,28-/m1/s1/i15D2,16D2. The van der Waals surface area contributed by atoms with E-state index in [-0.39, 0.29) is 46.8 Å². The van der Waals surface area contributed by atoms with Crippen molar-refractivity contribution >= 4 is 29.1 Å². The quantitative estimate of drug-likeness (QED) is 0.356. The van der Waals surface area contributed by atoms with Crippen LogP contribution in [0.4, 0.5) is 4.39 Å². The predicted octanol–water partition coefficient (Wildman–Crippen LogP) is 4.37. The predicted molar refractivity (Wildman–Crippen MR) is 139 cm³/mol. The smallest absolute Gasteiger partial charge is 0.257 e. The number of pyridine rings is 1. The van der Waals surface area contributed by atoms with E-state index >= 15 is 4.39 Å². The maximum Gasteiger partial charge on any atom is 0.257 e. The van der Waals surface area contributed by atoms with E-state index in [1.54, 1.807) is 0 Å². The molecular formula is C28H27Cl2FN2O5. The van der Waals surface area contributed by atoms with E-state index in [1.165, 1.54) is 55.6 Å². The minimum Gasteiger partial charge on any atom is -0.396 e. The number of carbonyl (C=O) groups excluding carboxylic acids is 1. The SMILES string of the molecule is [2H]C([2H])(O)C1(C([2H])([2H])O[C@]2(c3ccc(Cl)cc3)c3c(F)cc(C(C)(O)CO)cc3C(=O)N2Cc2ccc(Cl)cn2)CC1. The zero-order chi connectivity index (χ0) is 30.9. The summed E-state index contributed by atoms with van der Waals surface area (Å²) in [5.41, 5.74) is -6.75. The molecular weight excluding hydrogens is 534 g/mol. The fourth-order valence-electron chi connectivity index (χ4n) is 4.46. The van der Waals surface area contributed by atoms with Gasteiger partial charge >= 0.3 is 0 Å². The third kappa shape index (κ3) is 4.59. The van der Waals surface area contributed by atoms with Gasteiger partial charge in [-0.3, -0.25) is 14.7 Å². The van der Waals surface area contributed by atoms with E-state index in [1.807, 2.05) is 0 Å². The highest BCUT2D eigenvalue weighted by molar-refractivity contribution is 6.30. The number of aliphatic hydroxyl groups excluding tert-OH is 1. The number of amides is 1. The summed E-state index contributed by atoms with van der Waals surface area (Å²) in [6, 6.07) is 10.9. The van der Waals surface area contributed by atoms with E-state index in [2.05, 4.69) is 4.98 Å². The number of hydrogen-bond donors (Lipinski definition) is 3. The zero-order valence-electron chi connectivity index (χ0n) is 24.2. The number of hydrogen-bond acceptors (Lipinski definition) is 6. The minimum absolute atomic E-state index is 0.0757. The molecule has 1 aliphatic heterocycles. The number of aromatic nitrogens is 1. The average Bonchev–Trinajstić information content (AvgIpc) is 3.72. The van der Waals surface area contributed by atoms with Crippen molar-refractivity contribution in [2.24, 2.45) is 5.41 Å². The van der Waals surface area contributed by atoms with Gasteiger partial charge in [0.05, 0.1) is 53.6 Å². The van der Waals surface area contributed by atoms with Gasteiger partial charge in [-0.25, -0.2) is 4.39 Å². The normalized spacial score (nSPS) is 23.7. The van der Waals surface area contributed by atoms with E-state index in [4.69, 9.17) is 33.4 Å². The van der Waals surface area contributed by atoms with Crippen LogP contribution in [0.2, 0.25) is 10.0 Å². The van der Waals surface area contributed by atoms with Crippen molar-refractivity contribution in [2.75, 3.05) is 19.7 Å². The summed E-state index contributed by atoms with van der Waals surface area (Å²) in [5.74, 6) is -1.88. The van der Waals surface area contributed by atoms with Crippen LogP contribution in [0.3, 0.4) is 0 Å². The van der Waals surface area contributed by atoms with Crippen molar-refractivity contribution in [3.8, 4) is 0 Å². The molecule has 2 aliphatic rings. The van der Waals surface area contributed by atoms with Gasteiger partial charge < -0.3 is 20.1 Å². The molecule has 7 nitrogen and oxygen atoms in total. The number of rotatable bonds is 9. The molecule has 2 heterocycles. The molecule has 5 rings (SSSR count). The van der Waals surface area contributed by atoms with Crippen LogP contribution in [-0.4, -0.2) is 50.8 Å². The maximum atomic E-state index is 16.4. The molecule has 10 heteroatoms. The van der Waals surface area contributed by atoms with Crippen LogP contribution in [0.25, 0.3) is 0 Å². The minimum atomic E-state index is -3.02. The van der Waals surface area contributed by atoms with Crippen molar-refractivity contribution in [1.82, 2.24) is 9.88 Å². The highest BCUT2D eigenvalue weighted by Gasteiger charge is 2.56. The van der Waals surface area contributed by atoms with E-state index < -0.39 is 53.8 Å². The molecule has 2 atom stereocenters. The summed E-state index contributed by atoms with van der Waals surface area (Å²) in [6.45, 7) is -5.86. The molecule has 1 fully saturated rings.